The predicted octanol–water partition coefficient (Wildman–Crippen LogP) is 3.10. The molecule has 0 saturated carbocycles. The molecule has 0 atom stereocenters. The molecule has 102 valence electrons. The maximum absolute atomic E-state index is 13.6. The van der Waals surface area contributed by atoms with Crippen LogP contribution >= 0.6 is 0 Å². The lowest BCUT2D eigenvalue weighted by Crippen LogP contribution is -2.19. The molecule has 19 heavy (non-hydrogen) atoms. The number of rotatable bonds is 5. The van der Waals surface area contributed by atoms with Gasteiger partial charge in [-0.15, -0.1) is 0 Å². The summed E-state index contributed by atoms with van der Waals surface area (Å²) in [5.41, 5.74) is 0.681. The van der Waals surface area contributed by atoms with Crippen LogP contribution in [0.5, 0.6) is 0 Å². The molecule has 0 spiro atoms. The minimum Gasteiger partial charge on any atom is -0.341 e. The topological polar surface area (TPSA) is 40.7 Å². The lowest BCUT2D eigenvalue weighted by atomic mass is 10.1. The van der Waals surface area contributed by atoms with Crippen LogP contribution in [0.1, 0.15) is 19.7 Å². The first-order chi connectivity index (χ1) is 9.08. The number of aromatic amines is 1. The number of aromatic nitrogens is 2. The zero-order chi connectivity index (χ0) is 13.8. The second-order valence-corrected chi connectivity index (χ2v) is 4.87. The molecule has 0 bridgehead atoms. The average molecular weight is 265 g/mol. The lowest BCUT2D eigenvalue weighted by Gasteiger charge is -2.05. The van der Waals surface area contributed by atoms with Crippen LogP contribution in [0.4, 0.5) is 8.78 Å². The van der Waals surface area contributed by atoms with E-state index in [9.17, 15) is 8.78 Å². The van der Waals surface area contributed by atoms with Crippen LogP contribution in [0.25, 0.3) is 11.3 Å². The highest BCUT2D eigenvalue weighted by Gasteiger charge is 2.11. The Labute approximate surface area is 111 Å². The van der Waals surface area contributed by atoms with Crippen LogP contribution in [0.2, 0.25) is 0 Å². The monoisotopic (exact) mass is 265 g/mol. The maximum Gasteiger partial charge on any atom is 0.168 e. The quantitative estimate of drug-likeness (QED) is 0.872. The van der Waals surface area contributed by atoms with Crippen LogP contribution < -0.4 is 5.32 Å². The molecular formula is C14H17F2N3. The minimum atomic E-state index is -0.855. The van der Waals surface area contributed by atoms with E-state index in [0.717, 1.165) is 12.6 Å². The molecule has 2 N–H and O–H groups in total. The number of halogens is 2. The molecule has 5 heteroatoms. The summed E-state index contributed by atoms with van der Waals surface area (Å²) in [7, 11) is 0. The van der Waals surface area contributed by atoms with Gasteiger partial charge in [0.2, 0.25) is 0 Å². The zero-order valence-electron chi connectivity index (χ0n) is 11.0. The van der Waals surface area contributed by atoms with Crippen molar-refractivity contribution in [2.24, 2.45) is 5.92 Å². The van der Waals surface area contributed by atoms with E-state index in [0.29, 0.717) is 24.0 Å². The number of imidazole rings is 1. The van der Waals surface area contributed by atoms with Crippen molar-refractivity contribution < 1.29 is 8.78 Å². The van der Waals surface area contributed by atoms with Gasteiger partial charge in [-0.1, -0.05) is 19.9 Å². The lowest BCUT2D eigenvalue weighted by molar-refractivity contribution is 0.511. The summed E-state index contributed by atoms with van der Waals surface area (Å²) in [6.07, 6.45) is 1.52. The van der Waals surface area contributed by atoms with E-state index >= 15 is 0 Å². The van der Waals surface area contributed by atoms with E-state index in [-0.39, 0.29) is 5.56 Å². The molecular weight excluding hydrogens is 248 g/mol. The number of nitrogens with one attached hydrogen (secondary N) is 2. The number of H-pyrrole nitrogens is 1. The van der Waals surface area contributed by atoms with Crippen molar-refractivity contribution in [2.45, 2.75) is 20.4 Å². The fraction of sp³-hybridized carbons (Fsp3) is 0.357. The zero-order valence-corrected chi connectivity index (χ0v) is 11.0. The Kier molecular flexibility index (Phi) is 4.27. The van der Waals surface area contributed by atoms with Crippen LogP contribution in [0, 0.1) is 17.6 Å². The van der Waals surface area contributed by atoms with Gasteiger partial charge in [-0.05, 0) is 24.6 Å². The van der Waals surface area contributed by atoms with Crippen molar-refractivity contribution in [2.75, 3.05) is 6.54 Å². The molecule has 3 nitrogen and oxygen atoms in total. The third-order valence-electron chi connectivity index (χ3n) is 2.72. The summed E-state index contributed by atoms with van der Waals surface area (Å²) >= 11 is 0. The standard InChI is InChI=1S/C14H17F2N3/c1-9(2)6-17-8-13-18-7-12(19-13)10-4-3-5-11(15)14(10)16/h3-5,7,9,17H,6,8H2,1-2H3,(H,18,19). The number of hydrogen-bond acceptors (Lipinski definition) is 2. The Morgan fingerprint density at radius 2 is 2.11 bits per heavy atom. The van der Waals surface area contributed by atoms with Crippen molar-refractivity contribution in [3.8, 4) is 11.3 Å². The van der Waals surface area contributed by atoms with Crippen molar-refractivity contribution >= 4 is 0 Å². The predicted molar refractivity (Wildman–Crippen MR) is 70.5 cm³/mol. The van der Waals surface area contributed by atoms with E-state index in [2.05, 4.69) is 29.1 Å². The highest BCUT2D eigenvalue weighted by atomic mass is 19.2. The van der Waals surface area contributed by atoms with Crippen LogP contribution in [-0.2, 0) is 6.54 Å². The van der Waals surface area contributed by atoms with Crippen molar-refractivity contribution in [1.82, 2.24) is 15.3 Å². The molecule has 1 aromatic heterocycles. The average Bonchev–Trinajstić information content (AvgIpc) is 2.81. The van der Waals surface area contributed by atoms with E-state index in [1.807, 2.05) is 0 Å². The van der Waals surface area contributed by atoms with Gasteiger partial charge in [0.25, 0.3) is 0 Å². The Bertz CT molecular complexity index is 549. The normalized spacial score (nSPS) is 11.2. The summed E-state index contributed by atoms with van der Waals surface area (Å²) in [5, 5.41) is 3.23. The second kappa shape index (κ2) is 5.93. The van der Waals surface area contributed by atoms with Crippen LogP contribution in [0.3, 0.4) is 0 Å². The molecule has 1 aromatic carbocycles. The van der Waals surface area contributed by atoms with Gasteiger partial charge in [0, 0.05) is 5.56 Å². The molecule has 0 aliphatic carbocycles. The molecule has 0 aliphatic heterocycles. The van der Waals surface area contributed by atoms with E-state index in [4.69, 9.17) is 0 Å². The molecule has 0 unspecified atom stereocenters. The van der Waals surface area contributed by atoms with E-state index in [1.165, 1.54) is 18.3 Å². The largest absolute Gasteiger partial charge is 0.341 e. The van der Waals surface area contributed by atoms with Crippen molar-refractivity contribution in [3.05, 3.63) is 41.9 Å². The number of hydrogen-bond donors (Lipinski definition) is 2. The summed E-state index contributed by atoms with van der Waals surface area (Å²) in [6, 6.07) is 4.10. The first-order valence-corrected chi connectivity index (χ1v) is 6.27. The number of nitrogens with zero attached hydrogens (tertiary/aromatic N) is 1. The third kappa shape index (κ3) is 3.38. The Hall–Kier alpha value is -1.75. The van der Waals surface area contributed by atoms with Gasteiger partial charge < -0.3 is 10.3 Å². The Morgan fingerprint density at radius 3 is 2.84 bits per heavy atom. The molecule has 0 saturated heterocycles. The smallest absolute Gasteiger partial charge is 0.168 e. The van der Waals surface area contributed by atoms with Crippen molar-refractivity contribution in [1.29, 1.82) is 0 Å². The van der Waals surface area contributed by atoms with Gasteiger partial charge in [-0.3, -0.25) is 0 Å². The molecule has 0 aliphatic rings. The number of benzene rings is 1. The second-order valence-electron chi connectivity index (χ2n) is 4.87. The highest BCUT2D eigenvalue weighted by Crippen LogP contribution is 2.22. The summed E-state index contributed by atoms with van der Waals surface area (Å²) in [4.78, 5) is 7.14. The maximum atomic E-state index is 13.6. The van der Waals surface area contributed by atoms with Gasteiger partial charge in [0.15, 0.2) is 11.6 Å². The summed E-state index contributed by atoms with van der Waals surface area (Å²) < 4.78 is 26.8. The molecule has 0 amide bonds. The van der Waals surface area contributed by atoms with Gasteiger partial charge in [-0.2, -0.15) is 0 Å². The first-order valence-electron chi connectivity index (χ1n) is 6.27. The third-order valence-corrected chi connectivity index (χ3v) is 2.72. The van der Waals surface area contributed by atoms with Crippen LogP contribution in [0.15, 0.2) is 24.4 Å². The van der Waals surface area contributed by atoms with E-state index in [1.54, 1.807) is 0 Å². The molecule has 2 aromatic rings. The fourth-order valence-corrected chi connectivity index (χ4v) is 1.78. The molecule has 0 fully saturated rings. The summed E-state index contributed by atoms with van der Waals surface area (Å²) in [6.45, 7) is 5.69. The first kappa shape index (κ1) is 13.7. The van der Waals surface area contributed by atoms with Gasteiger partial charge in [0.05, 0.1) is 18.4 Å². The van der Waals surface area contributed by atoms with Crippen LogP contribution in [-0.4, -0.2) is 16.5 Å². The van der Waals surface area contributed by atoms with E-state index < -0.39 is 11.6 Å². The fourth-order valence-electron chi connectivity index (χ4n) is 1.78. The SMILES string of the molecule is CC(C)CNCc1ncc(-c2cccc(F)c2F)[nH]1. The summed E-state index contributed by atoms with van der Waals surface area (Å²) in [5.74, 6) is -0.450. The molecule has 1 heterocycles. The minimum absolute atomic E-state index is 0.197. The van der Waals surface area contributed by atoms with Crippen molar-refractivity contribution in [3.63, 3.8) is 0 Å². The Balaban J connectivity index is 2.10. The van der Waals surface area contributed by atoms with Gasteiger partial charge in [-0.25, -0.2) is 13.8 Å². The van der Waals surface area contributed by atoms with Gasteiger partial charge >= 0.3 is 0 Å². The Morgan fingerprint density at radius 1 is 1.32 bits per heavy atom. The highest BCUT2D eigenvalue weighted by molar-refractivity contribution is 5.59. The van der Waals surface area contributed by atoms with Gasteiger partial charge in [0.1, 0.15) is 5.82 Å². The molecule has 0 radical (unpaired) electrons. The molecule has 2 rings (SSSR count).